The summed E-state index contributed by atoms with van der Waals surface area (Å²) in [6, 6.07) is 10.6. The highest BCUT2D eigenvalue weighted by Crippen LogP contribution is 2.30. The monoisotopic (exact) mass is 222 g/mol. The maximum Gasteiger partial charge on any atom is 0.123 e. The Labute approximate surface area is 91.8 Å². The Balaban J connectivity index is 2.53. The summed E-state index contributed by atoms with van der Waals surface area (Å²) in [4.78, 5) is 0. The zero-order valence-electron chi connectivity index (χ0n) is 7.74. The first-order valence-corrected chi connectivity index (χ1v) is 4.79. The minimum Gasteiger partial charge on any atom is -0.508 e. The molecule has 15 heavy (non-hydrogen) atoms. The minimum absolute atomic E-state index is 0.138. The number of halogens is 2. The highest BCUT2D eigenvalue weighted by molar-refractivity contribution is 6.33. The van der Waals surface area contributed by atoms with Crippen LogP contribution in [0.3, 0.4) is 0 Å². The van der Waals surface area contributed by atoms with Crippen LogP contribution in [0.1, 0.15) is 0 Å². The summed E-state index contributed by atoms with van der Waals surface area (Å²) in [5.74, 6) is -0.159. The van der Waals surface area contributed by atoms with Gasteiger partial charge in [-0.1, -0.05) is 23.7 Å². The standard InChI is InChI=1S/C12H8ClFO/c13-12-6-5-10(15)7-11(12)8-1-3-9(14)4-2-8/h1-7,15H. The molecule has 0 fully saturated rings. The summed E-state index contributed by atoms with van der Waals surface area (Å²) in [6.07, 6.45) is 0. The molecule has 0 amide bonds. The molecule has 0 spiro atoms. The van der Waals surface area contributed by atoms with Gasteiger partial charge in [0.15, 0.2) is 0 Å². The molecule has 76 valence electrons. The van der Waals surface area contributed by atoms with Crippen LogP contribution in [0.2, 0.25) is 5.02 Å². The number of benzene rings is 2. The molecule has 0 aliphatic heterocycles. The van der Waals surface area contributed by atoms with Crippen molar-refractivity contribution in [2.45, 2.75) is 0 Å². The molecule has 2 rings (SSSR count). The second-order valence-corrected chi connectivity index (χ2v) is 3.58. The largest absolute Gasteiger partial charge is 0.508 e. The molecule has 0 saturated heterocycles. The predicted molar refractivity (Wildman–Crippen MR) is 58.5 cm³/mol. The van der Waals surface area contributed by atoms with Crippen molar-refractivity contribution in [2.75, 3.05) is 0 Å². The summed E-state index contributed by atoms with van der Waals surface area (Å²) >= 11 is 5.97. The van der Waals surface area contributed by atoms with Gasteiger partial charge in [0.25, 0.3) is 0 Å². The molecule has 1 N–H and O–H groups in total. The first-order chi connectivity index (χ1) is 7.16. The van der Waals surface area contributed by atoms with Crippen molar-refractivity contribution in [1.82, 2.24) is 0 Å². The molecule has 0 aromatic heterocycles. The molecule has 0 atom stereocenters. The van der Waals surface area contributed by atoms with Crippen LogP contribution >= 0.6 is 11.6 Å². The molecule has 3 heteroatoms. The third kappa shape index (κ3) is 2.10. The lowest BCUT2D eigenvalue weighted by atomic mass is 10.1. The summed E-state index contributed by atoms with van der Waals surface area (Å²) in [7, 11) is 0. The van der Waals surface area contributed by atoms with Gasteiger partial charge in [-0.25, -0.2) is 4.39 Å². The second-order valence-electron chi connectivity index (χ2n) is 3.17. The van der Waals surface area contributed by atoms with Crippen molar-refractivity contribution in [3.05, 3.63) is 53.3 Å². The first-order valence-electron chi connectivity index (χ1n) is 4.41. The van der Waals surface area contributed by atoms with Gasteiger partial charge >= 0.3 is 0 Å². The Morgan fingerprint density at radius 2 is 1.67 bits per heavy atom. The number of phenolic OH excluding ortho intramolecular Hbond substituents is 1. The van der Waals surface area contributed by atoms with E-state index in [1.807, 2.05) is 0 Å². The van der Waals surface area contributed by atoms with Gasteiger partial charge in [-0.15, -0.1) is 0 Å². The van der Waals surface area contributed by atoms with Crippen LogP contribution in [0, 0.1) is 5.82 Å². The summed E-state index contributed by atoms with van der Waals surface area (Å²) in [5, 5.41) is 9.85. The predicted octanol–water partition coefficient (Wildman–Crippen LogP) is 3.85. The molecule has 0 saturated carbocycles. The smallest absolute Gasteiger partial charge is 0.123 e. The Morgan fingerprint density at radius 1 is 1.00 bits per heavy atom. The van der Waals surface area contributed by atoms with Crippen LogP contribution in [0.5, 0.6) is 5.75 Å². The minimum atomic E-state index is -0.296. The number of rotatable bonds is 1. The van der Waals surface area contributed by atoms with Crippen LogP contribution in [-0.2, 0) is 0 Å². The van der Waals surface area contributed by atoms with E-state index < -0.39 is 0 Å². The van der Waals surface area contributed by atoms with E-state index in [2.05, 4.69) is 0 Å². The SMILES string of the molecule is Oc1ccc(Cl)c(-c2ccc(F)cc2)c1. The maximum absolute atomic E-state index is 12.7. The Bertz CT molecular complexity index is 479. The second kappa shape index (κ2) is 3.91. The number of phenols is 1. The van der Waals surface area contributed by atoms with E-state index in [9.17, 15) is 9.50 Å². The molecule has 0 aliphatic carbocycles. The third-order valence-electron chi connectivity index (χ3n) is 2.11. The van der Waals surface area contributed by atoms with E-state index in [1.54, 1.807) is 24.3 Å². The Morgan fingerprint density at radius 3 is 2.33 bits per heavy atom. The van der Waals surface area contributed by atoms with Crippen molar-refractivity contribution in [3.63, 3.8) is 0 Å². The van der Waals surface area contributed by atoms with Gasteiger partial charge in [0.2, 0.25) is 0 Å². The maximum atomic E-state index is 12.7. The zero-order valence-corrected chi connectivity index (χ0v) is 8.50. The fourth-order valence-corrected chi connectivity index (χ4v) is 1.59. The van der Waals surface area contributed by atoms with Gasteiger partial charge in [0.1, 0.15) is 11.6 Å². The van der Waals surface area contributed by atoms with Gasteiger partial charge in [0, 0.05) is 10.6 Å². The van der Waals surface area contributed by atoms with E-state index in [4.69, 9.17) is 11.6 Å². The average molecular weight is 223 g/mol. The van der Waals surface area contributed by atoms with E-state index in [1.165, 1.54) is 18.2 Å². The van der Waals surface area contributed by atoms with Gasteiger partial charge in [-0.3, -0.25) is 0 Å². The molecule has 0 bridgehead atoms. The first kappa shape index (κ1) is 9.99. The molecular formula is C12H8ClFO. The molecule has 0 radical (unpaired) electrons. The van der Waals surface area contributed by atoms with E-state index in [0.717, 1.165) is 5.56 Å². The van der Waals surface area contributed by atoms with Crippen LogP contribution in [0.25, 0.3) is 11.1 Å². The third-order valence-corrected chi connectivity index (χ3v) is 2.43. The summed E-state index contributed by atoms with van der Waals surface area (Å²) in [5.41, 5.74) is 1.47. The molecule has 1 nitrogen and oxygen atoms in total. The van der Waals surface area contributed by atoms with Crippen molar-refractivity contribution >= 4 is 11.6 Å². The van der Waals surface area contributed by atoms with Crippen molar-refractivity contribution in [2.24, 2.45) is 0 Å². The summed E-state index contributed by atoms with van der Waals surface area (Å²) in [6.45, 7) is 0. The van der Waals surface area contributed by atoms with Gasteiger partial charge in [-0.05, 0) is 35.9 Å². The number of aromatic hydroxyl groups is 1. The normalized spacial score (nSPS) is 10.3. The lowest BCUT2D eigenvalue weighted by Crippen LogP contribution is -1.80. The van der Waals surface area contributed by atoms with E-state index >= 15 is 0 Å². The van der Waals surface area contributed by atoms with Crippen LogP contribution in [-0.4, -0.2) is 5.11 Å². The topological polar surface area (TPSA) is 20.2 Å². The quantitative estimate of drug-likeness (QED) is 0.777. The Kier molecular flexibility index (Phi) is 2.60. The number of hydrogen-bond donors (Lipinski definition) is 1. The number of hydrogen-bond acceptors (Lipinski definition) is 1. The highest BCUT2D eigenvalue weighted by Gasteiger charge is 2.04. The molecule has 0 aliphatic rings. The fourth-order valence-electron chi connectivity index (χ4n) is 1.36. The van der Waals surface area contributed by atoms with Crippen molar-refractivity contribution in [3.8, 4) is 16.9 Å². The van der Waals surface area contributed by atoms with Gasteiger partial charge in [-0.2, -0.15) is 0 Å². The lowest BCUT2D eigenvalue weighted by molar-refractivity contribution is 0.475. The van der Waals surface area contributed by atoms with E-state index in [-0.39, 0.29) is 11.6 Å². The van der Waals surface area contributed by atoms with Gasteiger partial charge < -0.3 is 5.11 Å². The van der Waals surface area contributed by atoms with E-state index in [0.29, 0.717) is 10.6 Å². The molecule has 2 aromatic rings. The van der Waals surface area contributed by atoms with Crippen LogP contribution in [0.15, 0.2) is 42.5 Å². The summed E-state index contributed by atoms with van der Waals surface area (Å²) < 4.78 is 12.7. The van der Waals surface area contributed by atoms with Crippen LogP contribution in [0.4, 0.5) is 4.39 Å². The zero-order chi connectivity index (χ0) is 10.8. The van der Waals surface area contributed by atoms with Crippen molar-refractivity contribution < 1.29 is 9.50 Å². The molecule has 2 aromatic carbocycles. The molecule has 0 unspecified atom stereocenters. The molecule has 0 heterocycles. The highest BCUT2D eigenvalue weighted by atomic mass is 35.5. The fraction of sp³-hybridized carbons (Fsp3) is 0. The van der Waals surface area contributed by atoms with Crippen LogP contribution < -0.4 is 0 Å². The molecular weight excluding hydrogens is 215 g/mol. The van der Waals surface area contributed by atoms with Gasteiger partial charge in [0.05, 0.1) is 0 Å². The average Bonchev–Trinajstić information content (AvgIpc) is 2.23. The lowest BCUT2D eigenvalue weighted by Gasteiger charge is -2.04. The van der Waals surface area contributed by atoms with Crippen molar-refractivity contribution in [1.29, 1.82) is 0 Å². The Hall–Kier alpha value is -1.54.